The van der Waals surface area contributed by atoms with Crippen LogP contribution in [0.25, 0.3) is 0 Å². The molecule has 0 fully saturated rings. The third-order valence-electron chi connectivity index (χ3n) is 1.97. The van der Waals surface area contributed by atoms with Crippen molar-refractivity contribution in [1.82, 2.24) is 4.98 Å². The van der Waals surface area contributed by atoms with Crippen molar-refractivity contribution in [3.63, 3.8) is 0 Å². The number of benzene rings is 1. The van der Waals surface area contributed by atoms with Gasteiger partial charge in [0.2, 0.25) is 0 Å². The Hall–Kier alpha value is -1.97. The van der Waals surface area contributed by atoms with Crippen LogP contribution in [0.5, 0.6) is 11.5 Å². The molecular weight excluding hydrogens is 212 g/mol. The van der Waals surface area contributed by atoms with Crippen LogP contribution in [0.1, 0.15) is 5.69 Å². The second-order valence-corrected chi connectivity index (χ2v) is 3.13. The second-order valence-electron chi connectivity index (χ2n) is 3.13. The van der Waals surface area contributed by atoms with E-state index in [-0.39, 0.29) is 5.75 Å². The summed E-state index contributed by atoms with van der Waals surface area (Å²) in [6.45, 7) is 3.65. The molecule has 1 aromatic carbocycles. The molecule has 0 aliphatic rings. The number of pyridine rings is 1. The molecule has 0 aliphatic carbocycles. The minimum Gasteiger partial charge on any atom is -0.455 e. The molecule has 0 atom stereocenters. The zero-order valence-corrected chi connectivity index (χ0v) is 8.28. The molecule has 1 radical (unpaired) electrons. The van der Waals surface area contributed by atoms with Gasteiger partial charge in [0.15, 0.2) is 11.6 Å². The number of hydrogen-bond acceptors (Lipinski definition) is 2. The predicted octanol–water partition coefficient (Wildman–Crippen LogP) is 3.33. The van der Waals surface area contributed by atoms with Crippen molar-refractivity contribution in [3.8, 4) is 11.5 Å². The van der Waals surface area contributed by atoms with Crippen LogP contribution in [0.2, 0.25) is 0 Å². The van der Waals surface area contributed by atoms with E-state index in [1.165, 1.54) is 6.07 Å². The van der Waals surface area contributed by atoms with Crippen LogP contribution in [-0.4, -0.2) is 4.98 Å². The van der Waals surface area contributed by atoms with Crippen LogP contribution in [0.3, 0.4) is 0 Å². The topological polar surface area (TPSA) is 22.1 Å². The Kier molecular flexibility index (Phi) is 2.81. The molecular formula is C12H8F2NO. The molecule has 2 aromatic rings. The fourth-order valence-corrected chi connectivity index (χ4v) is 1.18. The average Bonchev–Trinajstić information content (AvgIpc) is 2.27. The molecule has 0 unspecified atom stereocenters. The number of halogens is 2. The molecule has 2 nitrogen and oxygen atoms in total. The van der Waals surface area contributed by atoms with Crippen molar-refractivity contribution in [2.24, 2.45) is 0 Å². The molecule has 0 aliphatic heterocycles. The maximum atomic E-state index is 12.9. The number of hydrogen-bond donors (Lipinski definition) is 0. The molecule has 0 saturated heterocycles. The van der Waals surface area contributed by atoms with Crippen molar-refractivity contribution in [1.29, 1.82) is 0 Å². The zero-order valence-electron chi connectivity index (χ0n) is 8.28. The number of aromatic nitrogens is 1. The summed E-state index contributed by atoms with van der Waals surface area (Å²) >= 11 is 0. The highest BCUT2D eigenvalue weighted by Gasteiger charge is 2.05. The third kappa shape index (κ3) is 2.16. The molecule has 0 amide bonds. The Labute approximate surface area is 91.5 Å². The quantitative estimate of drug-likeness (QED) is 0.774. The summed E-state index contributed by atoms with van der Waals surface area (Å²) in [4.78, 5) is 3.91. The summed E-state index contributed by atoms with van der Waals surface area (Å²) in [7, 11) is 0. The highest BCUT2D eigenvalue weighted by atomic mass is 19.2. The summed E-state index contributed by atoms with van der Waals surface area (Å²) in [5, 5.41) is 0. The maximum Gasteiger partial charge on any atom is 0.162 e. The largest absolute Gasteiger partial charge is 0.455 e. The average molecular weight is 220 g/mol. The van der Waals surface area contributed by atoms with Crippen LogP contribution in [0.4, 0.5) is 8.78 Å². The lowest BCUT2D eigenvalue weighted by Gasteiger charge is -2.07. The normalized spacial score (nSPS) is 10.2. The highest BCUT2D eigenvalue weighted by molar-refractivity contribution is 5.35. The van der Waals surface area contributed by atoms with Gasteiger partial charge in [0.05, 0.1) is 5.69 Å². The van der Waals surface area contributed by atoms with Crippen molar-refractivity contribution in [2.45, 2.75) is 0 Å². The van der Waals surface area contributed by atoms with Crippen LogP contribution in [0, 0.1) is 18.6 Å². The zero-order chi connectivity index (χ0) is 11.5. The van der Waals surface area contributed by atoms with Crippen molar-refractivity contribution < 1.29 is 13.5 Å². The minimum absolute atomic E-state index is 0.205. The molecule has 16 heavy (non-hydrogen) atoms. The Morgan fingerprint density at radius 1 is 1.12 bits per heavy atom. The first kappa shape index (κ1) is 10.5. The molecule has 2 rings (SSSR count). The lowest BCUT2D eigenvalue weighted by atomic mass is 10.3. The summed E-state index contributed by atoms with van der Waals surface area (Å²) < 4.78 is 30.9. The molecule has 0 saturated carbocycles. The lowest BCUT2D eigenvalue weighted by Crippen LogP contribution is -1.91. The van der Waals surface area contributed by atoms with Gasteiger partial charge in [-0.3, -0.25) is 4.98 Å². The monoisotopic (exact) mass is 220 g/mol. The van der Waals surface area contributed by atoms with E-state index in [2.05, 4.69) is 11.9 Å². The van der Waals surface area contributed by atoms with Gasteiger partial charge in [-0.2, -0.15) is 0 Å². The van der Waals surface area contributed by atoms with E-state index in [9.17, 15) is 8.78 Å². The van der Waals surface area contributed by atoms with Crippen LogP contribution in [0.15, 0.2) is 36.5 Å². The van der Waals surface area contributed by atoms with Gasteiger partial charge in [0.1, 0.15) is 11.5 Å². The number of rotatable bonds is 2. The van der Waals surface area contributed by atoms with Crippen LogP contribution < -0.4 is 4.74 Å². The standard InChI is InChI=1S/C12H8F2NO/c1-8-12(3-2-6-15-8)16-9-4-5-10(13)11(14)7-9/h2-7H,1H2. The lowest BCUT2D eigenvalue weighted by molar-refractivity contribution is 0.458. The first-order valence-electron chi connectivity index (χ1n) is 4.56. The molecule has 1 aromatic heterocycles. The van der Waals surface area contributed by atoms with E-state index in [1.54, 1.807) is 18.3 Å². The predicted molar refractivity (Wildman–Crippen MR) is 55.1 cm³/mol. The third-order valence-corrected chi connectivity index (χ3v) is 1.97. The molecule has 0 spiro atoms. The van der Waals surface area contributed by atoms with Gasteiger partial charge in [-0.05, 0) is 31.2 Å². The Morgan fingerprint density at radius 2 is 1.94 bits per heavy atom. The van der Waals surface area contributed by atoms with Gasteiger partial charge in [-0.1, -0.05) is 0 Å². The minimum atomic E-state index is -0.952. The van der Waals surface area contributed by atoms with Gasteiger partial charge in [0.25, 0.3) is 0 Å². The van der Waals surface area contributed by atoms with Gasteiger partial charge in [-0.15, -0.1) is 0 Å². The fraction of sp³-hybridized carbons (Fsp3) is 0. The van der Waals surface area contributed by atoms with Crippen LogP contribution >= 0.6 is 0 Å². The van der Waals surface area contributed by atoms with Gasteiger partial charge < -0.3 is 4.74 Å². The van der Waals surface area contributed by atoms with E-state index in [4.69, 9.17) is 4.74 Å². The number of nitrogens with zero attached hydrogens (tertiary/aromatic N) is 1. The maximum absolute atomic E-state index is 12.9. The highest BCUT2D eigenvalue weighted by Crippen LogP contribution is 2.24. The van der Waals surface area contributed by atoms with Crippen molar-refractivity contribution >= 4 is 0 Å². The van der Waals surface area contributed by atoms with Crippen LogP contribution in [-0.2, 0) is 0 Å². The SMILES string of the molecule is [CH2]c1ncccc1Oc1ccc(F)c(F)c1. The van der Waals surface area contributed by atoms with Crippen molar-refractivity contribution in [3.05, 3.63) is 60.8 Å². The van der Waals surface area contributed by atoms with Gasteiger partial charge >= 0.3 is 0 Å². The number of ether oxygens (including phenoxy) is 1. The molecule has 0 N–H and O–H groups in total. The van der Waals surface area contributed by atoms with E-state index in [0.717, 1.165) is 12.1 Å². The van der Waals surface area contributed by atoms with Gasteiger partial charge in [-0.25, -0.2) is 8.78 Å². The summed E-state index contributed by atoms with van der Waals surface area (Å²) in [6, 6.07) is 6.64. The first-order valence-corrected chi connectivity index (χ1v) is 4.56. The van der Waals surface area contributed by atoms with Gasteiger partial charge in [0, 0.05) is 12.3 Å². The van der Waals surface area contributed by atoms with E-state index >= 15 is 0 Å². The second kappa shape index (κ2) is 4.26. The summed E-state index contributed by atoms with van der Waals surface area (Å²) in [6.07, 6.45) is 1.57. The Balaban J connectivity index is 2.28. The summed E-state index contributed by atoms with van der Waals surface area (Å²) in [5.74, 6) is -1.24. The van der Waals surface area contributed by atoms with E-state index in [1.807, 2.05) is 0 Å². The molecule has 1 heterocycles. The molecule has 81 valence electrons. The first-order chi connectivity index (χ1) is 7.66. The van der Waals surface area contributed by atoms with Crippen molar-refractivity contribution in [2.75, 3.05) is 0 Å². The molecule has 0 bridgehead atoms. The van der Waals surface area contributed by atoms with E-state index < -0.39 is 11.6 Å². The Bertz CT molecular complexity index is 514. The summed E-state index contributed by atoms with van der Waals surface area (Å²) in [5.41, 5.74) is 0.437. The fourth-order valence-electron chi connectivity index (χ4n) is 1.18. The molecule has 4 heteroatoms. The Morgan fingerprint density at radius 3 is 2.62 bits per heavy atom. The smallest absolute Gasteiger partial charge is 0.162 e. The van der Waals surface area contributed by atoms with E-state index in [0.29, 0.717) is 11.4 Å².